The zero-order valence-corrected chi connectivity index (χ0v) is 13.0. The monoisotopic (exact) mass is 326 g/mol. The molecule has 2 rings (SSSR count). The zero-order chi connectivity index (χ0) is 15.6. The van der Waals surface area contributed by atoms with Crippen LogP contribution in [0, 0.1) is 5.82 Å². The number of rotatable bonds is 3. The third-order valence-electron chi connectivity index (χ3n) is 3.02. The number of nitrogens with one attached hydrogen (secondary N) is 1. The van der Waals surface area contributed by atoms with Gasteiger partial charge in [0.15, 0.2) is 0 Å². The van der Waals surface area contributed by atoms with Crippen LogP contribution in [0.1, 0.15) is 29.8 Å². The molecule has 1 heterocycles. The fraction of sp³-hybridized carbons (Fsp3) is 0.200. The number of carbonyl (C=O) groups excluding carboxylic acids is 1. The van der Waals surface area contributed by atoms with Crippen molar-refractivity contribution in [2.45, 2.75) is 19.4 Å². The highest BCUT2D eigenvalue weighted by Crippen LogP contribution is 2.28. The molecule has 1 aromatic carbocycles. The highest BCUT2D eigenvalue weighted by atomic mass is 35.5. The Morgan fingerprint density at radius 2 is 1.95 bits per heavy atom. The summed E-state index contributed by atoms with van der Waals surface area (Å²) in [6.07, 6.45) is 1.39. The first kappa shape index (κ1) is 15.7. The Morgan fingerprint density at radius 3 is 2.52 bits per heavy atom. The first-order valence-corrected chi connectivity index (χ1v) is 6.95. The molecule has 21 heavy (non-hydrogen) atoms. The van der Waals surface area contributed by atoms with Crippen LogP contribution in [0.2, 0.25) is 10.2 Å². The SMILES string of the molecule is CC(C)(NC(=O)c1ccc(Cl)nc1)c1ccc(F)cc1Cl. The summed E-state index contributed by atoms with van der Waals surface area (Å²) in [5.41, 5.74) is 0.244. The smallest absolute Gasteiger partial charge is 0.253 e. The van der Waals surface area contributed by atoms with Crippen LogP contribution in [0.5, 0.6) is 0 Å². The summed E-state index contributed by atoms with van der Waals surface area (Å²) in [5.74, 6) is -0.739. The Kier molecular flexibility index (Phi) is 4.49. The van der Waals surface area contributed by atoms with Crippen molar-refractivity contribution in [2.75, 3.05) is 0 Å². The number of benzene rings is 1. The molecule has 0 fully saturated rings. The number of hydrogen-bond donors (Lipinski definition) is 1. The largest absolute Gasteiger partial charge is 0.343 e. The molecule has 1 aromatic heterocycles. The summed E-state index contributed by atoms with van der Waals surface area (Å²) >= 11 is 11.7. The summed E-state index contributed by atoms with van der Waals surface area (Å²) in [5, 5.41) is 3.41. The highest BCUT2D eigenvalue weighted by molar-refractivity contribution is 6.31. The van der Waals surface area contributed by atoms with Gasteiger partial charge < -0.3 is 5.32 Å². The van der Waals surface area contributed by atoms with Gasteiger partial charge in [-0.05, 0) is 43.7 Å². The first-order valence-electron chi connectivity index (χ1n) is 6.19. The van der Waals surface area contributed by atoms with Gasteiger partial charge in [0.25, 0.3) is 5.91 Å². The number of aromatic nitrogens is 1. The fourth-order valence-electron chi connectivity index (χ4n) is 1.93. The molecule has 0 aliphatic carbocycles. The van der Waals surface area contributed by atoms with Gasteiger partial charge in [0, 0.05) is 11.2 Å². The molecule has 0 radical (unpaired) electrons. The molecule has 0 unspecified atom stereocenters. The predicted octanol–water partition coefficient (Wildman–Crippen LogP) is 4.19. The van der Waals surface area contributed by atoms with Crippen LogP contribution in [0.15, 0.2) is 36.5 Å². The minimum Gasteiger partial charge on any atom is -0.343 e. The lowest BCUT2D eigenvalue weighted by Gasteiger charge is -2.28. The summed E-state index contributed by atoms with van der Waals surface area (Å²) in [6, 6.07) is 7.19. The van der Waals surface area contributed by atoms with Crippen molar-refractivity contribution in [2.24, 2.45) is 0 Å². The number of hydrogen-bond acceptors (Lipinski definition) is 2. The van der Waals surface area contributed by atoms with Gasteiger partial charge >= 0.3 is 0 Å². The average molecular weight is 327 g/mol. The van der Waals surface area contributed by atoms with E-state index in [0.717, 1.165) is 0 Å². The van der Waals surface area contributed by atoms with E-state index in [2.05, 4.69) is 10.3 Å². The van der Waals surface area contributed by atoms with E-state index in [9.17, 15) is 9.18 Å². The molecule has 110 valence electrons. The second-order valence-corrected chi connectivity index (χ2v) is 5.87. The van der Waals surface area contributed by atoms with Crippen LogP contribution in [0.4, 0.5) is 4.39 Å². The quantitative estimate of drug-likeness (QED) is 0.859. The third-order valence-corrected chi connectivity index (χ3v) is 3.56. The van der Waals surface area contributed by atoms with Gasteiger partial charge in [0.1, 0.15) is 11.0 Å². The third kappa shape index (κ3) is 3.71. The zero-order valence-electron chi connectivity index (χ0n) is 11.5. The Bertz CT molecular complexity index is 672. The summed E-state index contributed by atoms with van der Waals surface area (Å²) in [4.78, 5) is 16.1. The molecule has 6 heteroatoms. The van der Waals surface area contributed by atoms with Gasteiger partial charge in [-0.2, -0.15) is 0 Å². The van der Waals surface area contributed by atoms with Crippen LogP contribution in [0.3, 0.4) is 0 Å². The van der Waals surface area contributed by atoms with Crippen molar-refractivity contribution in [1.82, 2.24) is 10.3 Å². The topological polar surface area (TPSA) is 42.0 Å². The Hall–Kier alpha value is -1.65. The molecule has 0 aliphatic rings. The van der Waals surface area contributed by atoms with Crippen LogP contribution >= 0.6 is 23.2 Å². The second-order valence-electron chi connectivity index (χ2n) is 5.07. The molecule has 0 atom stereocenters. The maximum absolute atomic E-state index is 13.1. The van der Waals surface area contributed by atoms with E-state index in [0.29, 0.717) is 16.3 Å². The molecular formula is C15H13Cl2FN2O. The molecule has 0 bridgehead atoms. The van der Waals surface area contributed by atoms with Crippen molar-refractivity contribution in [3.63, 3.8) is 0 Å². The maximum atomic E-state index is 13.1. The van der Waals surface area contributed by atoms with E-state index in [-0.39, 0.29) is 10.9 Å². The number of amides is 1. The van der Waals surface area contributed by atoms with Crippen molar-refractivity contribution in [3.8, 4) is 0 Å². The van der Waals surface area contributed by atoms with Crippen molar-refractivity contribution >= 4 is 29.1 Å². The molecule has 0 spiro atoms. The normalized spacial score (nSPS) is 11.3. The van der Waals surface area contributed by atoms with Gasteiger partial charge in [-0.1, -0.05) is 29.3 Å². The summed E-state index contributed by atoms with van der Waals surface area (Å²) < 4.78 is 13.1. The van der Waals surface area contributed by atoms with Crippen LogP contribution < -0.4 is 5.32 Å². The van der Waals surface area contributed by atoms with Crippen molar-refractivity contribution in [1.29, 1.82) is 0 Å². The Morgan fingerprint density at radius 1 is 1.24 bits per heavy atom. The predicted molar refractivity (Wildman–Crippen MR) is 81.1 cm³/mol. The van der Waals surface area contributed by atoms with E-state index < -0.39 is 11.4 Å². The van der Waals surface area contributed by atoms with Gasteiger partial charge in [0.2, 0.25) is 0 Å². The molecule has 3 nitrogen and oxygen atoms in total. The van der Waals surface area contributed by atoms with E-state index in [4.69, 9.17) is 23.2 Å². The average Bonchev–Trinajstić information content (AvgIpc) is 2.38. The van der Waals surface area contributed by atoms with Gasteiger partial charge in [0.05, 0.1) is 11.1 Å². The fourth-order valence-corrected chi connectivity index (χ4v) is 2.45. The van der Waals surface area contributed by atoms with Gasteiger partial charge in [-0.15, -0.1) is 0 Å². The second kappa shape index (κ2) is 6.00. The van der Waals surface area contributed by atoms with E-state index >= 15 is 0 Å². The highest BCUT2D eigenvalue weighted by Gasteiger charge is 2.26. The molecule has 2 aromatic rings. The standard InChI is InChI=1S/C15H13Cl2FN2O/c1-15(2,11-5-4-10(18)7-12(11)16)20-14(21)9-3-6-13(17)19-8-9/h3-8H,1-2H3,(H,20,21). The van der Waals surface area contributed by atoms with E-state index in [1.165, 1.54) is 24.4 Å². The number of pyridine rings is 1. The minimum atomic E-state index is -0.762. The minimum absolute atomic E-state index is 0.259. The Labute approximate surface area is 132 Å². The molecule has 1 N–H and O–H groups in total. The van der Waals surface area contributed by atoms with Crippen LogP contribution in [-0.4, -0.2) is 10.9 Å². The Balaban J connectivity index is 2.24. The van der Waals surface area contributed by atoms with E-state index in [1.807, 2.05) is 0 Å². The van der Waals surface area contributed by atoms with Gasteiger partial charge in [-0.25, -0.2) is 9.37 Å². The lowest BCUT2D eigenvalue weighted by molar-refractivity contribution is 0.0912. The lowest BCUT2D eigenvalue weighted by atomic mass is 9.93. The summed E-state index contributed by atoms with van der Waals surface area (Å²) in [6.45, 7) is 3.57. The number of nitrogens with zero attached hydrogens (tertiary/aromatic N) is 1. The maximum Gasteiger partial charge on any atom is 0.253 e. The summed E-state index contributed by atoms with van der Waals surface area (Å²) in [7, 11) is 0. The molecular weight excluding hydrogens is 314 g/mol. The first-order chi connectivity index (χ1) is 9.79. The van der Waals surface area contributed by atoms with Gasteiger partial charge in [-0.3, -0.25) is 4.79 Å². The number of halogens is 3. The van der Waals surface area contributed by atoms with Crippen molar-refractivity contribution < 1.29 is 9.18 Å². The van der Waals surface area contributed by atoms with Crippen LogP contribution in [-0.2, 0) is 5.54 Å². The molecule has 0 aliphatic heterocycles. The molecule has 1 amide bonds. The molecule has 0 saturated carbocycles. The van der Waals surface area contributed by atoms with Crippen LogP contribution in [0.25, 0.3) is 0 Å². The van der Waals surface area contributed by atoms with E-state index in [1.54, 1.807) is 26.0 Å². The molecule has 0 saturated heterocycles. The lowest BCUT2D eigenvalue weighted by Crippen LogP contribution is -2.41. The number of carbonyl (C=O) groups is 1. The van der Waals surface area contributed by atoms with Crippen molar-refractivity contribution in [3.05, 3.63) is 63.6 Å².